The van der Waals surface area contributed by atoms with Crippen LogP contribution in [0.15, 0.2) is 42.5 Å². The molecule has 164 valence electrons. The molecule has 1 unspecified atom stereocenters. The summed E-state index contributed by atoms with van der Waals surface area (Å²) < 4.78 is 16.7. The summed E-state index contributed by atoms with van der Waals surface area (Å²) in [5.74, 6) is 1.64. The lowest BCUT2D eigenvalue weighted by Crippen LogP contribution is -2.25. The Morgan fingerprint density at radius 2 is 1.60 bits per heavy atom. The Bertz CT molecular complexity index is 776. The van der Waals surface area contributed by atoms with Crippen LogP contribution in [0.2, 0.25) is 0 Å². The van der Waals surface area contributed by atoms with Crippen LogP contribution in [-0.2, 0) is 24.0 Å². The molecule has 2 aromatic rings. The van der Waals surface area contributed by atoms with E-state index in [0.717, 1.165) is 41.9 Å². The number of hydrogen-bond acceptors (Lipinski definition) is 4. The van der Waals surface area contributed by atoms with Gasteiger partial charge in [0.2, 0.25) is 0 Å². The van der Waals surface area contributed by atoms with Gasteiger partial charge in [-0.15, -0.1) is 0 Å². The van der Waals surface area contributed by atoms with Gasteiger partial charge in [-0.25, -0.2) is 4.79 Å². The third-order valence-corrected chi connectivity index (χ3v) is 5.31. The van der Waals surface area contributed by atoms with Gasteiger partial charge in [0.05, 0.1) is 14.2 Å². The molecule has 5 heteroatoms. The molecular weight excluding hydrogens is 378 g/mol. The molecule has 0 saturated heterocycles. The fourth-order valence-electron chi connectivity index (χ4n) is 3.71. The number of carbonyl (C=O) groups is 1. The number of methoxy groups -OCH3 is 2. The summed E-state index contributed by atoms with van der Waals surface area (Å²) in [5.41, 5.74) is 8.62. The largest absolute Gasteiger partial charge is 0.496 e. The fraction of sp³-hybridized carbons (Fsp3) is 0.480. The molecular formula is C25H35NO4. The van der Waals surface area contributed by atoms with Gasteiger partial charge in [0, 0.05) is 12.0 Å². The lowest BCUT2D eigenvalue weighted by molar-refractivity contribution is 0.101. The minimum absolute atomic E-state index is 0.336. The molecule has 0 aliphatic carbocycles. The van der Waals surface area contributed by atoms with E-state index in [2.05, 4.69) is 25.1 Å². The number of primary amides is 1. The maximum absolute atomic E-state index is 11.5. The van der Waals surface area contributed by atoms with Crippen molar-refractivity contribution in [3.05, 3.63) is 59.2 Å². The molecule has 0 bridgehead atoms. The topological polar surface area (TPSA) is 70.8 Å². The van der Waals surface area contributed by atoms with Gasteiger partial charge in [-0.2, -0.15) is 0 Å². The van der Waals surface area contributed by atoms with E-state index in [1.54, 1.807) is 14.2 Å². The number of hydrogen-bond donors (Lipinski definition) is 1. The zero-order valence-electron chi connectivity index (χ0n) is 18.5. The molecule has 1 atom stereocenters. The fourth-order valence-corrected chi connectivity index (χ4v) is 3.71. The first-order valence-corrected chi connectivity index (χ1v) is 10.8. The van der Waals surface area contributed by atoms with Crippen LogP contribution in [0.3, 0.4) is 0 Å². The number of aryl methyl sites for hydroxylation is 2. The van der Waals surface area contributed by atoms with Gasteiger partial charge in [-0.05, 0) is 48.9 Å². The van der Waals surface area contributed by atoms with E-state index in [0.29, 0.717) is 12.8 Å². The van der Waals surface area contributed by atoms with Crippen molar-refractivity contribution in [3.63, 3.8) is 0 Å². The maximum atomic E-state index is 11.5. The van der Waals surface area contributed by atoms with Crippen LogP contribution in [0.5, 0.6) is 11.5 Å². The van der Waals surface area contributed by atoms with E-state index in [4.69, 9.17) is 19.9 Å². The highest BCUT2D eigenvalue weighted by Crippen LogP contribution is 2.32. The van der Waals surface area contributed by atoms with Gasteiger partial charge in [0.15, 0.2) is 0 Å². The van der Waals surface area contributed by atoms with Crippen molar-refractivity contribution in [3.8, 4) is 11.5 Å². The molecule has 0 aromatic heterocycles. The van der Waals surface area contributed by atoms with E-state index in [1.165, 1.54) is 24.8 Å². The number of carbonyl (C=O) groups excluding carboxylic acids is 1. The van der Waals surface area contributed by atoms with E-state index in [9.17, 15) is 4.79 Å². The first-order chi connectivity index (χ1) is 14.6. The third-order valence-electron chi connectivity index (χ3n) is 5.31. The second-order valence-electron chi connectivity index (χ2n) is 7.57. The van der Waals surface area contributed by atoms with Gasteiger partial charge < -0.3 is 19.9 Å². The summed E-state index contributed by atoms with van der Waals surface area (Å²) >= 11 is 0. The SMILES string of the molecule is CCCCCCc1cc(OC)c(CC(CCc2ccccc2)OC(N)=O)cc1OC. The van der Waals surface area contributed by atoms with Crippen LogP contribution in [0.1, 0.15) is 55.7 Å². The summed E-state index contributed by atoms with van der Waals surface area (Å²) in [5, 5.41) is 0. The number of unbranched alkanes of at least 4 members (excludes halogenated alkanes) is 3. The summed E-state index contributed by atoms with van der Waals surface area (Å²) in [7, 11) is 3.36. The predicted octanol–water partition coefficient (Wildman–Crippen LogP) is 5.47. The Balaban J connectivity index is 2.15. The molecule has 0 radical (unpaired) electrons. The Kier molecular flexibility index (Phi) is 10.1. The normalized spacial score (nSPS) is 11.7. The van der Waals surface area contributed by atoms with E-state index in [-0.39, 0.29) is 6.10 Å². The number of rotatable bonds is 13. The van der Waals surface area contributed by atoms with Crippen LogP contribution in [-0.4, -0.2) is 26.4 Å². The van der Waals surface area contributed by atoms with Crippen molar-refractivity contribution in [2.24, 2.45) is 5.73 Å². The predicted molar refractivity (Wildman–Crippen MR) is 120 cm³/mol. The molecule has 2 N–H and O–H groups in total. The van der Waals surface area contributed by atoms with Crippen molar-refractivity contribution in [1.82, 2.24) is 0 Å². The van der Waals surface area contributed by atoms with E-state index >= 15 is 0 Å². The molecule has 5 nitrogen and oxygen atoms in total. The molecule has 30 heavy (non-hydrogen) atoms. The quantitative estimate of drug-likeness (QED) is 0.442. The van der Waals surface area contributed by atoms with E-state index in [1.807, 2.05) is 24.3 Å². The first kappa shape index (κ1) is 23.6. The summed E-state index contributed by atoms with van der Waals surface area (Å²) in [6.45, 7) is 2.21. The summed E-state index contributed by atoms with van der Waals surface area (Å²) in [6.07, 6.45) is 6.64. The summed E-state index contributed by atoms with van der Waals surface area (Å²) in [6, 6.07) is 14.2. The lowest BCUT2D eigenvalue weighted by atomic mass is 9.97. The monoisotopic (exact) mass is 413 g/mol. The second-order valence-corrected chi connectivity index (χ2v) is 7.57. The standard InChI is InChI=1S/C25H35NO4/c1-4-5-6-10-13-20-17-24(29-3)21(18-23(20)28-2)16-22(30-25(26)27)15-14-19-11-8-7-9-12-19/h7-9,11-12,17-18,22H,4-6,10,13-16H2,1-3H3,(H2,26,27). The highest BCUT2D eigenvalue weighted by Gasteiger charge is 2.19. The average molecular weight is 414 g/mol. The molecule has 0 aliphatic rings. The molecule has 0 heterocycles. The van der Waals surface area contributed by atoms with E-state index < -0.39 is 6.09 Å². The minimum atomic E-state index is -0.758. The number of ether oxygens (including phenoxy) is 3. The molecule has 0 saturated carbocycles. The number of benzene rings is 2. The third kappa shape index (κ3) is 7.62. The Morgan fingerprint density at radius 1 is 0.933 bits per heavy atom. The average Bonchev–Trinajstić information content (AvgIpc) is 2.75. The molecule has 1 amide bonds. The van der Waals surface area contributed by atoms with Crippen LogP contribution in [0, 0.1) is 0 Å². The zero-order valence-corrected chi connectivity index (χ0v) is 18.5. The molecule has 2 aromatic carbocycles. The zero-order chi connectivity index (χ0) is 21.8. The van der Waals surface area contributed by atoms with Crippen LogP contribution < -0.4 is 15.2 Å². The Labute approximate surface area is 180 Å². The van der Waals surface area contributed by atoms with Gasteiger partial charge >= 0.3 is 6.09 Å². The highest BCUT2D eigenvalue weighted by molar-refractivity contribution is 5.64. The van der Waals surface area contributed by atoms with Crippen molar-refractivity contribution in [2.45, 2.75) is 64.4 Å². The number of nitrogens with two attached hydrogens (primary N) is 1. The highest BCUT2D eigenvalue weighted by atomic mass is 16.6. The van der Waals surface area contributed by atoms with Crippen molar-refractivity contribution >= 4 is 6.09 Å². The minimum Gasteiger partial charge on any atom is -0.496 e. The molecule has 0 fully saturated rings. The maximum Gasteiger partial charge on any atom is 0.404 e. The molecule has 0 spiro atoms. The van der Waals surface area contributed by atoms with Gasteiger partial charge in [-0.3, -0.25) is 0 Å². The second kappa shape index (κ2) is 12.8. The van der Waals surface area contributed by atoms with Crippen molar-refractivity contribution < 1.29 is 19.0 Å². The lowest BCUT2D eigenvalue weighted by Gasteiger charge is -2.20. The van der Waals surface area contributed by atoms with Gasteiger partial charge in [0.1, 0.15) is 17.6 Å². The van der Waals surface area contributed by atoms with Crippen molar-refractivity contribution in [2.75, 3.05) is 14.2 Å². The Morgan fingerprint density at radius 3 is 2.23 bits per heavy atom. The van der Waals surface area contributed by atoms with Gasteiger partial charge in [-0.1, -0.05) is 56.5 Å². The first-order valence-electron chi connectivity index (χ1n) is 10.8. The summed E-state index contributed by atoms with van der Waals surface area (Å²) in [4.78, 5) is 11.5. The number of amides is 1. The van der Waals surface area contributed by atoms with Crippen LogP contribution in [0.4, 0.5) is 4.79 Å². The van der Waals surface area contributed by atoms with Crippen molar-refractivity contribution in [1.29, 1.82) is 0 Å². The Hall–Kier alpha value is -2.69. The van der Waals surface area contributed by atoms with Crippen LogP contribution in [0.25, 0.3) is 0 Å². The molecule has 2 rings (SSSR count). The van der Waals surface area contributed by atoms with Crippen LogP contribution >= 0.6 is 0 Å². The molecule has 0 aliphatic heterocycles. The smallest absolute Gasteiger partial charge is 0.404 e. The van der Waals surface area contributed by atoms with Gasteiger partial charge in [0.25, 0.3) is 0 Å².